The van der Waals surface area contributed by atoms with Crippen molar-refractivity contribution in [1.29, 1.82) is 0 Å². The molecule has 0 aliphatic carbocycles. The van der Waals surface area contributed by atoms with Gasteiger partial charge in [-0.2, -0.15) is 0 Å². The number of furan rings is 1. The first-order chi connectivity index (χ1) is 6.79. The molecule has 1 aromatic heterocycles. The molecule has 0 spiro atoms. The Bertz CT molecular complexity index is 335. The van der Waals surface area contributed by atoms with E-state index in [1.54, 1.807) is 19.1 Å². The van der Waals surface area contributed by atoms with Gasteiger partial charge in [-0.05, 0) is 25.1 Å². The molecule has 0 unspecified atom stereocenters. The van der Waals surface area contributed by atoms with Gasteiger partial charge in [0.05, 0.1) is 12.9 Å². The van der Waals surface area contributed by atoms with Crippen LogP contribution in [0.4, 0.5) is 0 Å². The number of hydrogen-bond acceptors (Lipinski definition) is 4. The van der Waals surface area contributed by atoms with Gasteiger partial charge in [0.25, 0.3) is 0 Å². The lowest BCUT2D eigenvalue weighted by atomic mass is 10.2. The van der Waals surface area contributed by atoms with Gasteiger partial charge < -0.3 is 9.15 Å². The van der Waals surface area contributed by atoms with E-state index in [0.717, 1.165) is 6.08 Å². The molecule has 0 atom stereocenters. The van der Waals surface area contributed by atoms with Crippen LogP contribution in [0, 0.1) is 0 Å². The fraction of sp³-hybridized carbons (Fsp3) is 0.200. The van der Waals surface area contributed by atoms with E-state index in [4.69, 9.17) is 9.15 Å². The Hall–Kier alpha value is -1.84. The van der Waals surface area contributed by atoms with Crippen molar-refractivity contribution in [3.63, 3.8) is 0 Å². The highest BCUT2D eigenvalue weighted by molar-refractivity contribution is 6.18. The minimum absolute atomic E-state index is 0.131. The minimum atomic E-state index is -0.561. The molecule has 1 rings (SSSR count). The molecule has 0 aromatic carbocycles. The molecule has 0 aliphatic rings. The van der Waals surface area contributed by atoms with Gasteiger partial charge in [-0.3, -0.25) is 4.79 Å². The summed E-state index contributed by atoms with van der Waals surface area (Å²) in [6, 6.07) is 3.22. The van der Waals surface area contributed by atoms with Gasteiger partial charge in [0.15, 0.2) is 0 Å². The van der Waals surface area contributed by atoms with Crippen molar-refractivity contribution in [2.75, 3.05) is 6.61 Å². The molecule has 0 amide bonds. The molecule has 0 saturated carbocycles. The van der Waals surface area contributed by atoms with Crippen molar-refractivity contribution < 1.29 is 18.7 Å². The van der Waals surface area contributed by atoms with Gasteiger partial charge in [0.2, 0.25) is 0 Å². The Morgan fingerprint density at radius 1 is 1.64 bits per heavy atom. The number of carbonyl (C=O) groups is 2. The van der Waals surface area contributed by atoms with Crippen molar-refractivity contribution in [2.24, 2.45) is 0 Å². The zero-order valence-electron chi connectivity index (χ0n) is 7.73. The van der Waals surface area contributed by atoms with E-state index < -0.39 is 5.97 Å². The van der Waals surface area contributed by atoms with Crippen LogP contribution in [0.1, 0.15) is 12.7 Å². The molecule has 1 aromatic rings. The maximum absolute atomic E-state index is 11.3. The van der Waals surface area contributed by atoms with E-state index in [1.807, 2.05) is 0 Å². The number of rotatable bonds is 4. The SMILES string of the molecule is CCOC(=O)/C(=C/C=O)c1ccco1. The number of allylic oxidation sites excluding steroid dienone is 1. The van der Waals surface area contributed by atoms with Crippen molar-refractivity contribution in [3.8, 4) is 0 Å². The molecule has 4 heteroatoms. The largest absolute Gasteiger partial charge is 0.464 e. The maximum Gasteiger partial charge on any atom is 0.342 e. The molecule has 4 nitrogen and oxygen atoms in total. The summed E-state index contributed by atoms with van der Waals surface area (Å²) in [5.41, 5.74) is 0.131. The van der Waals surface area contributed by atoms with Gasteiger partial charge in [-0.1, -0.05) is 0 Å². The second-order valence-corrected chi connectivity index (χ2v) is 2.41. The van der Waals surface area contributed by atoms with Crippen molar-refractivity contribution >= 4 is 17.8 Å². The topological polar surface area (TPSA) is 56.5 Å². The second kappa shape index (κ2) is 5.01. The average Bonchev–Trinajstić information content (AvgIpc) is 2.67. The molecule has 14 heavy (non-hydrogen) atoms. The number of esters is 1. The predicted octanol–water partition coefficient (Wildman–Crippen LogP) is 1.43. The summed E-state index contributed by atoms with van der Waals surface area (Å²) in [5, 5.41) is 0. The highest BCUT2D eigenvalue weighted by atomic mass is 16.5. The number of aldehydes is 1. The van der Waals surface area contributed by atoms with E-state index >= 15 is 0 Å². The lowest BCUT2D eigenvalue weighted by Gasteiger charge is -2.02. The van der Waals surface area contributed by atoms with Crippen LogP contribution in [0.25, 0.3) is 5.57 Å². The van der Waals surface area contributed by atoms with Crippen LogP contribution in [0.2, 0.25) is 0 Å². The quantitative estimate of drug-likeness (QED) is 0.413. The molecule has 0 N–H and O–H groups in total. The van der Waals surface area contributed by atoms with Crippen LogP contribution in [-0.4, -0.2) is 18.9 Å². The average molecular weight is 194 g/mol. The third kappa shape index (κ3) is 2.32. The fourth-order valence-corrected chi connectivity index (χ4v) is 0.959. The first kappa shape index (κ1) is 10.2. The van der Waals surface area contributed by atoms with Crippen molar-refractivity contribution in [2.45, 2.75) is 6.92 Å². The Morgan fingerprint density at radius 3 is 2.93 bits per heavy atom. The molecule has 0 bridgehead atoms. The summed E-state index contributed by atoms with van der Waals surface area (Å²) in [5.74, 6) is -0.231. The summed E-state index contributed by atoms with van der Waals surface area (Å²) in [7, 11) is 0. The van der Waals surface area contributed by atoms with E-state index in [9.17, 15) is 9.59 Å². The van der Waals surface area contributed by atoms with Crippen molar-refractivity contribution in [3.05, 3.63) is 30.2 Å². The Kier molecular flexibility index (Phi) is 3.67. The summed E-state index contributed by atoms with van der Waals surface area (Å²) in [4.78, 5) is 21.6. The standard InChI is InChI=1S/C10H10O4/c1-2-13-10(12)8(5-6-11)9-4-3-7-14-9/h3-7H,2H2,1H3/b8-5+. The van der Waals surface area contributed by atoms with E-state index in [1.165, 1.54) is 6.26 Å². The number of carbonyl (C=O) groups excluding carboxylic acids is 2. The van der Waals surface area contributed by atoms with Gasteiger partial charge in [0.1, 0.15) is 17.6 Å². The lowest BCUT2D eigenvalue weighted by Crippen LogP contribution is -2.06. The number of hydrogen-bond donors (Lipinski definition) is 0. The van der Waals surface area contributed by atoms with Crippen molar-refractivity contribution in [1.82, 2.24) is 0 Å². The minimum Gasteiger partial charge on any atom is -0.464 e. The molecule has 0 aliphatic heterocycles. The van der Waals surface area contributed by atoms with Crippen LogP contribution in [-0.2, 0) is 14.3 Å². The van der Waals surface area contributed by atoms with Gasteiger partial charge in [-0.15, -0.1) is 0 Å². The predicted molar refractivity (Wildman–Crippen MR) is 49.4 cm³/mol. The van der Waals surface area contributed by atoms with Crippen LogP contribution >= 0.6 is 0 Å². The third-order valence-electron chi connectivity index (χ3n) is 1.52. The molecule has 0 fully saturated rings. The number of ether oxygens (including phenoxy) is 1. The summed E-state index contributed by atoms with van der Waals surface area (Å²) in [6.45, 7) is 1.95. The van der Waals surface area contributed by atoms with Gasteiger partial charge >= 0.3 is 5.97 Å². The Labute approximate surface area is 81.2 Å². The summed E-state index contributed by atoms with van der Waals surface area (Å²) < 4.78 is 9.74. The van der Waals surface area contributed by atoms with E-state index in [2.05, 4.69) is 0 Å². The molecule has 0 saturated heterocycles. The Morgan fingerprint density at radius 2 is 2.43 bits per heavy atom. The Balaban J connectivity index is 2.91. The van der Waals surface area contributed by atoms with Crippen LogP contribution in [0.5, 0.6) is 0 Å². The monoisotopic (exact) mass is 194 g/mol. The normalized spacial score (nSPS) is 11.1. The lowest BCUT2D eigenvalue weighted by molar-refractivity contribution is -0.136. The molecular formula is C10H10O4. The molecule has 0 radical (unpaired) electrons. The summed E-state index contributed by atoms with van der Waals surface area (Å²) >= 11 is 0. The molecule has 74 valence electrons. The maximum atomic E-state index is 11.3. The highest BCUT2D eigenvalue weighted by Gasteiger charge is 2.14. The van der Waals surface area contributed by atoms with Gasteiger partial charge in [-0.25, -0.2) is 4.79 Å². The van der Waals surface area contributed by atoms with E-state index in [0.29, 0.717) is 12.0 Å². The smallest absolute Gasteiger partial charge is 0.342 e. The zero-order chi connectivity index (χ0) is 10.4. The zero-order valence-corrected chi connectivity index (χ0v) is 7.73. The first-order valence-corrected chi connectivity index (χ1v) is 4.16. The fourth-order valence-electron chi connectivity index (χ4n) is 0.959. The second-order valence-electron chi connectivity index (χ2n) is 2.41. The summed E-state index contributed by atoms with van der Waals surface area (Å²) in [6.07, 6.45) is 3.07. The molecule has 1 heterocycles. The molecular weight excluding hydrogens is 184 g/mol. The van der Waals surface area contributed by atoms with Crippen LogP contribution in [0.3, 0.4) is 0 Å². The third-order valence-corrected chi connectivity index (χ3v) is 1.52. The van der Waals surface area contributed by atoms with Gasteiger partial charge in [0, 0.05) is 0 Å². The van der Waals surface area contributed by atoms with Crippen LogP contribution < -0.4 is 0 Å². The van der Waals surface area contributed by atoms with E-state index in [-0.39, 0.29) is 12.2 Å². The first-order valence-electron chi connectivity index (χ1n) is 4.16. The highest BCUT2D eigenvalue weighted by Crippen LogP contribution is 2.15. The van der Waals surface area contributed by atoms with Crippen LogP contribution in [0.15, 0.2) is 28.9 Å².